The third-order valence-electron chi connectivity index (χ3n) is 5.48. The Balaban J connectivity index is 1.82. The van der Waals surface area contributed by atoms with Crippen molar-refractivity contribution in [3.8, 4) is 5.75 Å². The molecule has 0 aliphatic heterocycles. The molecule has 0 spiro atoms. The van der Waals surface area contributed by atoms with Crippen LogP contribution in [0.4, 0.5) is 17.6 Å². The summed E-state index contributed by atoms with van der Waals surface area (Å²) in [5.74, 6) is -8.34. The molecule has 0 radical (unpaired) electrons. The maximum absolute atomic E-state index is 15.0. The second kappa shape index (κ2) is 7.91. The Labute approximate surface area is 157 Å². The Hall–Kier alpha value is -2.04. The molecule has 5 heteroatoms. The van der Waals surface area contributed by atoms with Gasteiger partial charge in [0.05, 0.1) is 5.92 Å². The Morgan fingerprint density at radius 3 is 2.44 bits per heavy atom. The molecule has 0 bridgehead atoms. The van der Waals surface area contributed by atoms with Gasteiger partial charge in [-0.2, -0.15) is 0 Å². The molecule has 1 atom stereocenters. The summed E-state index contributed by atoms with van der Waals surface area (Å²) in [5, 5.41) is 9.36. The molecule has 1 aliphatic rings. The van der Waals surface area contributed by atoms with Crippen LogP contribution in [0.2, 0.25) is 0 Å². The van der Waals surface area contributed by atoms with Gasteiger partial charge in [-0.25, -0.2) is 17.6 Å². The van der Waals surface area contributed by atoms with Crippen molar-refractivity contribution in [1.29, 1.82) is 0 Å². The molecule has 0 heterocycles. The highest BCUT2D eigenvalue weighted by Crippen LogP contribution is 2.51. The molecule has 1 nitrogen and oxygen atoms in total. The highest BCUT2D eigenvalue weighted by molar-refractivity contribution is 5.45. The summed E-state index contributed by atoms with van der Waals surface area (Å²) in [6.07, 6.45) is 5.57. The molecule has 3 rings (SSSR count). The lowest BCUT2D eigenvalue weighted by atomic mass is 9.76. The normalized spacial score (nSPS) is 18.3. The summed E-state index contributed by atoms with van der Waals surface area (Å²) in [5.41, 5.74) is 0.631. The number of fused-ring (bicyclic) bond motifs is 1. The number of phenols is 1. The van der Waals surface area contributed by atoms with Crippen LogP contribution in [-0.4, -0.2) is 5.11 Å². The van der Waals surface area contributed by atoms with Crippen LogP contribution in [0.1, 0.15) is 67.2 Å². The summed E-state index contributed by atoms with van der Waals surface area (Å²) in [6, 6.07) is 7.70. The van der Waals surface area contributed by atoms with E-state index in [-0.39, 0.29) is 18.4 Å². The summed E-state index contributed by atoms with van der Waals surface area (Å²) in [6.45, 7) is 2.15. The van der Waals surface area contributed by atoms with Gasteiger partial charge < -0.3 is 5.11 Å². The molecule has 2 aromatic carbocycles. The third-order valence-corrected chi connectivity index (χ3v) is 5.48. The topological polar surface area (TPSA) is 20.2 Å². The van der Waals surface area contributed by atoms with Gasteiger partial charge in [0.1, 0.15) is 0 Å². The SMILES string of the molecule is CCCCCCc1ccc(C2CCc3c(cc(F)c(O)c3F)C2(F)F)cc1. The first kappa shape index (κ1) is 19.7. The van der Waals surface area contributed by atoms with Gasteiger partial charge in [0, 0.05) is 11.1 Å². The van der Waals surface area contributed by atoms with E-state index in [1.807, 2.05) is 12.1 Å². The smallest absolute Gasteiger partial charge is 0.280 e. The molecule has 0 aromatic heterocycles. The summed E-state index contributed by atoms with van der Waals surface area (Å²) in [7, 11) is 0. The fourth-order valence-electron chi connectivity index (χ4n) is 3.90. The maximum Gasteiger partial charge on any atom is 0.280 e. The van der Waals surface area contributed by atoms with Crippen molar-refractivity contribution in [2.75, 3.05) is 0 Å². The van der Waals surface area contributed by atoms with Gasteiger partial charge in [-0.15, -0.1) is 0 Å². The highest BCUT2D eigenvalue weighted by atomic mass is 19.3. The second-order valence-corrected chi connectivity index (χ2v) is 7.31. The largest absolute Gasteiger partial charge is 0.503 e. The summed E-state index contributed by atoms with van der Waals surface area (Å²) in [4.78, 5) is 0. The van der Waals surface area contributed by atoms with E-state index < -0.39 is 34.8 Å². The lowest BCUT2D eigenvalue weighted by Crippen LogP contribution is -2.31. The number of hydrogen-bond donors (Lipinski definition) is 1. The second-order valence-electron chi connectivity index (χ2n) is 7.31. The van der Waals surface area contributed by atoms with Crippen LogP contribution in [-0.2, 0) is 18.8 Å². The van der Waals surface area contributed by atoms with E-state index in [0.29, 0.717) is 11.6 Å². The average Bonchev–Trinajstić information content (AvgIpc) is 2.65. The first-order valence-electron chi connectivity index (χ1n) is 9.53. The minimum atomic E-state index is -3.40. The predicted octanol–water partition coefficient (Wildman–Crippen LogP) is 6.62. The van der Waals surface area contributed by atoms with E-state index in [0.717, 1.165) is 31.2 Å². The van der Waals surface area contributed by atoms with Crippen molar-refractivity contribution in [3.63, 3.8) is 0 Å². The molecule has 1 unspecified atom stereocenters. The average molecular weight is 380 g/mol. The minimum Gasteiger partial charge on any atom is -0.503 e. The number of halogens is 4. The molecular formula is C22H24F4O. The molecule has 1 aliphatic carbocycles. The zero-order valence-electron chi connectivity index (χ0n) is 15.4. The van der Waals surface area contributed by atoms with E-state index >= 15 is 8.78 Å². The van der Waals surface area contributed by atoms with E-state index in [2.05, 4.69) is 6.92 Å². The van der Waals surface area contributed by atoms with Crippen molar-refractivity contribution >= 4 is 0 Å². The number of unbranched alkanes of at least 4 members (excludes halogenated alkanes) is 3. The van der Waals surface area contributed by atoms with Gasteiger partial charge in [0.15, 0.2) is 17.4 Å². The fourth-order valence-corrected chi connectivity index (χ4v) is 3.90. The zero-order valence-corrected chi connectivity index (χ0v) is 15.4. The van der Waals surface area contributed by atoms with E-state index in [1.54, 1.807) is 12.1 Å². The van der Waals surface area contributed by atoms with Crippen molar-refractivity contribution < 1.29 is 22.7 Å². The molecule has 0 fully saturated rings. The Morgan fingerprint density at radius 2 is 1.78 bits per heavy atom. The lowest BCUT2D eigenvalue weighted by Gasteiger charge is -2.34. The molecule has 0 saturated carbocycles. The number of phenolic OH excluding ortho intramolecular Hbond substituents is 1. The molecule has 1 N–H and O–H groups in total. The number of rotatable bonds is 6. The number of hydrogen-bond acceptors (Lipinski definition) is 1. The van der Waals surface area contributed by atoms with E-state index in [1.165, 1.54) is 6.42 Å². The number of alkyl halides is 2. The summed E-state index contributed by atoms with van der Waals surface area (Å²) < 4.78 is 57.7. The third kappa shape index (κ3) is 3.83. The van der Waals surface area contributed by atoms with Gasteiger partial charge in [0.2, 0.25) is 0 Å². The van der Waals surface area contributed by atoms with Gasteiger partial charge >= 0.3 is 0 Å². The number of aryl methyl sites for hydroxylation is 1. The first-order chi connectivity index (χ1) is 12.9. The van der Waals surface area contributed by atoms with Crippen molar-refractivity contribution in [2.45, 2.75) is 63.7 Å². The number of aromatic hydroxyl groups is 1. The Bertz CT molecular complexity index is 799. The monoisotopic (exact) mass is 380 g/mol. The molecule has 0 saturated heterocycles. The maximum atomic E-state index is 15.0. The quantitative estimate of drug-likeness (QED) is 0.441. The standard InChI is InChI=1S/C22H24F4O/c1-2-3-4-5-6-14-7-9-15(10-8-14)17-12-11-16-18(22(17,25)26)13-19(23)21(27)20(16)24/h7-10,13,17,27H,2-6,11-12H2,1H3. The van der Waals surface area contributed by atoms with Crippen LogP contribution in [0.5, 0.6) is 5.75 Å². The zero-order chi connectivity index (χ0) is 19.6. The van der Waals surface area contributed by atoms with Crippen LogP contribution >= 0.6 is 0 Å². The summed E-state index contributed by atoms with van der Waals surface area (Å²) >= 11 is 0. The predicted molar refractivity (Wildman–Crippen MR) is 97.3 cm³/mol. The molecule has 146 valence electrons. The van der Waals surface area contributed by atoms with Gasteiger partial charge in [-0.1, -0.05) is 50.5 Å². The highest BCUT2D eigenvalue weighted by Gasteiger charge is 2.48. The fraction of sp³-hybridized carbons (Fsp3) is 0.455. The van der Waals surface area contributed by atoms with Crippen molar-refractivity contribution in [2.24, 2.45) is 0 Å². The van der Waals surface area contributed by atoms with Gasteiger partial charge in [-0.3, -0.25) is 0 Å². The van der Waals surface area contributed by atoms with Crippen LogP contribution in [0.25, 0.3) is 0 Å². The minimum absolute atomic E-state index is 0.0357. The van der Waals surface area contributed by atoms with Crippen LogP contribution in [0, 0.1) is 11.6 Å². The van der Waals surface area contributed by atoms with Gasteiger partial charge in [-0.05, 0) is 42.9 Å². The van der Waals surface area contributed by atoms with Crippen LogP contribution in [0.3, 0.4) is 0 Å². The molecule has 2 aromatic rings. The molecule has 27 heavy (non-hydrogen) atoms. The van der Waals surface area contributed by atoms with Crippen LogP contribution in [0.15, 0.2) is 30.3 Å². The van der Waals surface area contributed by atoms with E-state index in [4.69, 9.17) is 0 Å². The van der Waals surface area contributed by atoms with E-state index in [9.17, 15) is 13.9 Å². The van der Waals surface area contributed by atoms with Crippen LogP contribution < -0.4 is 0 Å². The Kier molecular flexibility index (Phi) is 5.78. The van der Waals surface area contributed by atoms with Gasteiger partial charge in [0.25, 0.3) is 5.92 Å². The molecular weight excluding hydrogens is 356 g/mol. The van der Waals surface area contributed by atoms with Crippen molar-refractivity contribution in [1.82, 2.24) is 0 Å². The first-order valence-corrected chi connectivity index (χ1v) is 9.53. The number of benzene rings is 2. The molecule has 0 amide bonds. The Morgan fingerprint density at radius 1 is 1.07 bits per heavy atom. The van der Waals surface area contributed by atoms with Crippen molar-refractivity contribution in [3.05, 3.63) is 64.2 Å². The lowest BCUT2D eigenvalue weighted by molar-refractivity contribution is -0.0444.